The highest BCUT2D eigenvalue weighted by Crippen LogP contribution is 2.24. The first-order valence-electron chi connectivity index (χ1n) is 5.43. The van der Waals surface area contributed by atoms with E-state index in [2.05, 4.69) is 0 Å². The number of carbonyl (C=O) groups excluding carboxylic acids is 1. The Kier molecular flexibility index (Phi) is 4.78. The van der Waals surface area contributed by atoms with Crippen LogP contribution in [0.2, 0.25) is 0 Å². The number of ether oxygens (including phenoxy) is 1. The molecule has 0 aliphatic heterocycles. The number of primary amides is 1. The summed E-state index contributed by atoms with van der Waals surface area (Å²) in [5.41, 5.74) is 13.5. The summed E-state index contributed by atoms with van der Waals surface area (Å²) < 4.78 is 5.25. The first-order chi connectivity index (χ1) is 7.65. The number of hydrogen-bond donors (Lipinski definition) is 2. The molecule has 94 valence electrons. The van der Waals surface area contributed by atoms with Crippen molar-refractivity contribution < 1.29 is 9.53 Å². The maximum absolute atomic E-state index is 10.6. The van der Waals surface area contributed by atoms with E-state index in [1.807, 2.05) is 18.2 Å². The lowest BCUT2D eigenvalue weighted by Gasteiger charge is -2.21. The molecule has 1 amide bonds. The van der Waals surface area contributed by atoms with Crippen LogP contribution in [0.25, 0.3) is 0 Å². The van der Waals surface area contributed by atoms with Gasteiger partial charge in [-0.15, -0.1) is 12.4 Å². The lowest BCUT2D eigenvalue weighted by atomic mass is 9.89. The Bertz CT molecular complexity index is 409. The summed E-state index contributed by atoms with van der Waals surface area (Å²) in [6.07, 6.45) is 2.93. The Hall–Kier alpha value is -1.26. The maximum Gasteiger partial charge on any atom is 0.255 e. The SMILES string of the molecule is Cl.NC(=O)COc1ccc2c(c1)C[C@@H](N)CC2. The third-order valence-electron chi connectivity index (χ3n) is 2.83. The molecule has 5 heteroatoms. The van der Waals surface area contributed by atoms with E-state index in [1.54, 1.807) is 0 Å². The van der Waals surface area contributed by atoms with Gasteiger partial charge in [-0.05, 0) is 42.5 Å². The van der Waals surface area contributed by atoms with Gasteiger partial charge in [0.25, 0.3) is 5.91 Å². The number of fused-ring (bicyclic) bond motifs is 1. The summed E-state index contributed by atoms with van der Waals surface area (Å²) in [4.78, 5) is 10.6. The number of nitrogens with two attached hydrogens (primary N) is 2. The van der Waals surface area contributed by atoms with Crippen molar-refractivity contribution in [1.82, 2.24) is 0 Å². The molecule has 1 aromatic carbocycles. The molecule has 1 atom stereocenters. The van der Waals surface area contributed by atoms with Gasteiger partial charge in [-0.2, -0.15) is 0 Å². The van der Waals surface area contributed by atoms with Crippen LogP contribution in [0.1, 0.15) is 17.5 Å². The molecule has 4 N–H and O–H groups in total. The Morgan fingerprint density at radius 1 is 1.41 bits per heavy atom. The van der Waals surface area contributed by atoms with Gasteiger partial charge in [0.15, 0.2) is 6.61 Å². The Balaban J connectivity index is 0.00000144. The minimum Gasteiger partial charge on any atom is -0.484 e. The Morgan fingerprint density at radius 3 is 2.88 bits per heavy atom. The zero-order valence-corrected chi connectivity index (χ0v) is 10.3. The summed E-state index contributed by atoms with van der Waals surface area (Å²) in [6.45, 7) is -0.0785. The van der Waals surface area contributed by atoms with Crippen molar-refractivity contribution >= 4 is 18.3 Å². The first-order valence-corrected chi connectivity index (χ1v) is 5.43. The van der Waals surface area contributed by atoms with E-state index in [0.29, 0.717) is 5.75 Å². The molecule has 0 unspecified atom stereocenters. The van der Waals surface area contributed by atoms with E-state index >= 15 is 0 Å². The van der Waals surface area contributed by atoms with Gasteiger partial charge in [-0.1, -0.05) is 6.07 Å². The number of benzene rings is 1. The zero-order valence-electron chi connectivity index (χ0n) is 9.52. The molecule has 0 fully saturated rings. The van der Waals surface area contributed by atoms with Crippen molar-refractivity contribution in [2.24, 2.45) is 11.5 Å². The summed E-state index contributed by atoms with van der Waals surface area (Å²) in [5, 5.41) is 0. The fourth-order valence-corrected chi connectivity index (χ4v) is 2.01. The van der Waals surface area contributed by atoms with Crippen molar-refractivity contribution in [2.45, 2.75) is 25.3 Å². The second-order valence-electron chi connectivity index (χ2n) is 4.19. The van der Waals surface area contributed by atoms with E-state index in [9.17, 15) is 4.79 Å². The predicted molar refractivity (Wildman–Crippen MR) is 68.4 cm³/mol. The zero-order chi connectivity index (χ0) is 11.5. The third-order valence-corrected chi connectivity index (χ3v) is 2.83. The minimum atomic E-state index is -0.463. The van der Waals surface area contributed by atoms with Gasteiger partial charge in [0.05, 0.1) is 0 Å². The minimum absolute atomic E-state index is 0. The quantitative estimate of drug-likeness (QED) is 0.839. The van der Waals surface area contributed by atoms with Gasteiger partial charge in [-0.25, -0.2) is 0 Å². The molecule has 0 saturated heterocycles. The van der Waals surface area contributed by atoms with Crippen molar-refractivity contribution in [2.75, 3.05) is 6.61 Å². The number of carbonyl (C=O) groups is 1. The Labute approximate surface area is 107 Å². The van der Waals surface area contributed by atoms with Crippen LogP contribution < -0.4 is 16.2 Å². The summed E-state index contributed by atoms with van der Waals surface area (Å²) in [7, 11) is 0. The normalized spacial score (nSPS) is 17.8. The highest BCUT2D eigenvalue weighted by molar-refractivity contribution is 5.85. The maximum atomic E-state index is 10.6. The van der Waals surface area contributed by atoms with Crippen molar-refractivity contribution in [3.8, 4) is 5.75 Å². The molecule has 1 aliphatic rings. The molecular formula is C12H17ClN2O2. The third kappa shape index (κ3) is 3.61. The average molecular weight is 257 g/mol. The first kappa shape index (κ1) is 13.8. The van der Waals surface area contributed by atoms with Crippen LogP contribution >= 0.6 is 12.4 Å². The predicted octanol–water partition coefficient (Wildman–Crippen LogP) is 0.788. The van der Waals surface area contributed by atoms with Gasteiger partial charge in [0, 0.05) is 6.04 Å². The Morgan fingerprint density at radius 2 is 2.18 bits per heavy atom. The van der Waals surface area contributed by atoms with Gasteiger partial charge in [-0.3, -0.25) is 4.79 Å². The molecule has 1 aliphatic carbocycles. The summed E-state index contributed by atoms with van der Waals surface area (Å²) in [5.74, 6) is 0.223. The number of aryl methyl sites for hydroxylation is 1. The number of hydrogen-bond acceptors (Lipinski definition) is 3. The smallest absolute Gasteiger partial charge is 0.255 e. The number of rotatable bonds is 3. The highest BCUT2D eigenvalue weighted by Gasteiger charge is 2.15. The molecule has 0 heterocycles. The topological polar surface area (TPSA) is 78.3 Å². The second kappa shape index (κ2) is 5.89. The van der Waals surface area contributed by atoms with Gasteiger partial charge in [0.2, 0.25) is 0 Å². The van der Waals surface area contributed by atoms with Crippen LogP contribution in [-0.4, -0.2) is 18.6 Å². The van der Waals surface area contributed by atoms with E-state index < -0.39 is 5.91 Å². The molecule has 0 bridgehead atoms. The largest absolute Gasteiger partial charge is 0.484 e. The van der Waals surface area contributed by atoms with Crippen LogP contribution in [0.15, 0.2) is 18.2 Å². The van der Waals surface area contributed by atoms with Crippen LogP contribution in [0.5, 0.6) is 5.75 Å². The van der Waals surface area contributed by atoms with E-state index in [1.165, 1.54) is 11.1 Å². The van der Waals surface area contributed by atoms with Crippen molar-refractivity contribution in [3.05, 3.63) is 29.3 Å². The van der Waals surface area contributed by atoms with Gasteiger partial charge < -0.3 is 16.2 Å². The fourth-order valence-electron chi connectivity index (χ4n) is 2.01. The van der Waals surface area contributed by atoms with Crippen LogP contribution in [0, 0.1) is 0 Å². The molecule has 1 aromatic rings. The monoisotopic (exact) mass is 256 g/mol. The average Bonchev–Trinajstić information content (AvgIpc) is 2.25. The highest BCUT2D eigenvalue weighted by atomic mass is 35.5. The summed E-state index contributed by atoms with van der Waals surface area (Å²) >= 11 is 0. The number of halogens is 1. The summed E-state index contributed by atoms with van der Waals surface area (Å²) in [6, 6.07) is 6.10. The van der Waals surface area contributed by atoms with E-state index in [0.717, 1.165) is 19.3 Å². The van der Waals surface area contributed by atoms with Crippen LogP contribution in [-0.2, 0) is 17.6 Å². The molecule has 0 aromatic heterocycles. The molecule has 4 nitrogen and oxygen atoms in total. The fraction of sp³-hybridized carbons (Fsp3) is 0.417. The lowest BCUT2D eigenvalue weighted by Crippen LogP contribution is -2.27. The molecular weight excluding hydrogens is 240 g/mol. The molecule has 0 spiro atoms. The number of amides is 1. The van der Waals surface area contributed by atoms with Crippen molar-refractivity contribution in [1.29, 1.82) is 0 Å². The molecule has 0 radical (unpaired) electrons. The molecule has 0 saturated carbocycles. The molecule has 17 heavy (non-hydrogen) atoms. The molecule has 2 rings (SSSR count). The van der Waals surface area contributed by atoms with E-state index in [4.69, 9.17) is 16.2 Å². The standard InChI is InChI=1S/C12H16N2O2.ClH/c13-10-3-1-8-2-4-11(6-9(8)5-10)16-7-12(14)15;/h2,4,6,10H,1,3,5,7,13H2,(H2,14,15);1H/t10-;/m0./s1. The van der Waals surface area contributed by atoms with Crippen LogP contribution in [0.4, 0.5) is 0 Å². The van der Waals surface area contributed by atoms with Gasteiger partial charge in [0.1, 0.15) is 5.75 Å². The lowest BCUT2D eigenvalue weighted by molar-refractivity contribution is -0.119. The van der Waals surface area contributed by atoms with Crippen molar-refractivity contribution in [3.63, 3.8) is 0 Å². The second-order valence-corrected chi connectivity index (χ2v) is 4.19. The van der Waals surface area contributed by atoms with E-state index in [-0.39, 0.29) is 25.1 Å². The van der Waals surface area contributed by atoms with Gasteiger partial charge >= 0.3 is 0 Å². The van der Waals surface area contributed by atoms with Crippen LogP contribution in [0.3, 0.4) is 0 Å².